The first-order chi connectivity index (χ1) is 30.6. The predicted molar refractivity (Wildman–Crippen MR) is 241 cm³/mol. The molecule has 4 amide bonds. The number of nitrogens with zero attached hydrogens (tertiary/aromatic N) is 2. The third-order valence-corrected chi connectivity index (χ3v) is 14.7. The molecule has 6 aliphatic rings. The highest BCUT2D eigenvalue weighted by atomic mass is 35.5. The average molecular weight is 947 g/mol. The van der Waals surface area contributed by atoms with E-state index in [0.29, 0.717) is 67.5 Å². The van der Waals surface area contributed by atoms with E-state index in [-0.39, 0.29) is 49.3 Å². The Hall–Kier alpha value is -5.14. The number of hydrogen-bond donors (Lipinski definition) is 4. The van der Waals surface area contributed by atoms with Crippen LogP contribution in [0.15, 0.2) is 84.9 Å². The van der Waals surface area contributed by atoms with Crippen molar-refractivity contribution in [3.8, 4) is 0 Å². The second kappa shape index (κ2) is 17.0. The molecule has 0 bridgehead atoms. The highest BCUT2D eigenvalue weighted by Crippen LogP contribution is 2.58. The number of piperidine rings is 2. The summed E-state index contributed by atoms with van der Waals surface area (Å²) in [6, 6.07) is 25.0. The third-order valence-electron chi connectivity index (χ3n) is 13.7. The zero-order chi connectivity index (χ0) is 45.2. The Morgan fingerprint density at radius 3 is 1.28 bits per heavy atom. The molecule has 12 nitrogen and oxygen atoms in total. The Balaban J connectivity index is 0.000000162. The summed E-state index contributed by atoms with van der Waals surface area (Å²) in [5.41, 5.74) is 1.61. The summed E-state index contributed by atoms with van der Waals surface area (Å²) in [5, 5.41) is 26.9. The lowest BCUT2D eigenvalue weighted by molar-refractivity contribution is -0.160. The summed E-state index contributed by atoms with van der Waals surface area (Å²) >= 11 is 25.0. The lowest BCUT2D eigenvalue weighted by atomic mass is 9.66. The standard InChI is InChI=1S/2C24H22Cl2N2O4/c2*25-16-3-1-2-14(8-16)19-9-15(10-21(29)30)22(31)28(12-13-4-5-13)24(19)18-7-6-17(26)11-20(18)27-23(24)32/h2*1-3,6-8,11,13,15,19H,4-5,9-10,12H2,(H,27,32)(H,29,30)/t2*15-,19-,24-/m10/s1. The van der Waals surface area contributed by atoms with Gasteiger partial charge in [0.05, 0.1) is 12.8 Å². The Kier molecular flexibility index (Phi) is 11.7. The van der Waals surface area contributed by atoms with E-state index in [1.165, 1.54) is 0 Å². The number of carboxylic acid groups (broad SMARTS) is 2. The van der Waals surface area contributed by atoms with Crippen molar-refractivity contribution >= 4 is 93.3 Å². The molecule has 16 heteroatoms. The number of benzene rings is 4. The van der Waals surface area contributed by atoms with Gasteiger partial charge in [-0.25, -0.2) is 0 Å². The predicted octanol–water partition coefficient (Wildman–Crippen LogP) is 9.32. The van der Waals surface area contributed by atoms with Crippen LogP contribution in [0.25, 0.3) is 0 Å². The van der Waals surface area contributed by atoms with Crippen LogP contribution in [-0.2, 0) is 39.8 Å². The zero-order valence-electron chi connectivity index (χ0n) is 34.4. The normalized spacial score (nSPS) is 26.9. The van der Waals surface area contributed by atoms with E-state index in [1.54, 1.807) is 70.5 Å². The Bertz CT molecular complexity index is 2440. The largest absolute Gasteiger partial charge is 0.481 e. The van der Waals surface area contributed by atoms with E-state index in [0.717, 1.165) is 36.8 Å². The van der Waals surface area contributed by atoms with Crippen molar-refractivity contribution in [2.75, 3.05) is 23.7 Å². The number of carboxylic acids is 2. The van der Waals surface area contributed by atoms with Gasteiger partial charge in [0.2, 0.25) is 11.8 Å². The van der Waals surface area contributed by atoms with Crippen LogP contribution in [0.5, 0.6) is 0 Å². The molecule has 6 atom stereocenters. The molecule has 64 heavy (non-hydrogen) atoms. The van der Waals surface area contributed by atoms with E-state index in [1.807, 2.05) is 24.3 Å². The van der Waals surface area contributed by atoms with Crippen molar-refractivity contribution in [3.05, 3.63) is 127 Å². The minimum absolute atomic E-state index is 0.238. The van der Waals surface area contributed by atoms with E-state index in [4.69, 9.17) is 46.4 Å². The first-order valence-electron chi connectivity index (χ1n) is 21.4. The smallest absolute Gasteiger partial charge is 0.304 e. The first-order valence-corrected chi connectivity index (χ1v) is 22.9. The summed E-state index contributed by atoms with van der Waals surface area (Å²) < 4.78 is 0. The van der Waals surface area contributed by atoms with Gasteiger partial charge in [-0.2, -0.15) is 0 Å². The molecule has 2 saturated heterocycles. The second-order valence-corrected chi connectivity index (χ2v) is 19.6. The molecule has 0 aromatic heterocycles. The van der Waals surface area contributed by atoms with Crippen LogP contribution in [0, 0.1) is 23.7 Å². The minimum Gasteiger partial charge on any atom is -0.481 e. The number of halogens is 4. The first kappa shape index (κ1) is 44.1. The highest BCUT2D eigenvalue weighted by molar-refractivity contribution is 6.32. The zero-order valence-corrected chi connectivity index (χ0v) is 37.4. The monoisotopic (exact) mass is 944 g/mol. The third kappa shape index (κ3) is 7.80. The van der Waals surface area contributed by atoms with E-state index >= 15 is 0 Å². The number of carbonyl (C=O) groups is 6. The number of aliphatic carboxylic acids is 2. The number of hydrogen-bond acceptors (Lipinski definition) is 6. The van der Waals surface area contributed by atoms with Crippen LogP contribution >= 0.6 is 46.4 Å². The van der Waals surface area contributed by atoms with Crippen LogP contribution in [0.1, 0.15) is 85.5 Å². The molecule has 4 heterocycles. The topological polar surface area (TPSA) is 173 Å². The number of fused-ring (bicyclic) bond motifs is 4. The molecule has 0 unspecified atom stereocenters. The number of anilines is 2. The Labute approximate surface area is 389 Å². The molecule has 2 saturated carbocycles. The van der Waals surface area contributed by atoms with Crippen LogP contribution in [-0.4, -0.2) is 68.7 Å². The van der Waals surface area contributed by atoms with Gasteiger partial charge < -0.3 is 30.6 Å². The van der Waals surface area contributed by atoms with E-state index in [2.05, 4.69) is 10.6 Å². The summed E-state index contributed by atoms with van der Waals surface area (Å²) in [5.74, 6) is -4.93. The summed E-state index contributed by atoms with van der Waals surface area (Å²) in [7, 11) is 0. The van der Waals surface area contributed by atoms with Crippen molar-refractivity contribution in [1.29, 1.82) is 0 Å². The number of carbonyl (C=O) groups excluding carboxylic acids is 4. The van der Waals surface area contributed by atoms with Gasteiger partial charge in [-0.05, 0) is 110 Å². The summed E-state index contributed by atoms with van der Waals surface area (Å²) in [6.07, 6.45) is 3.87. The number of rotatable bonds is 10. The molecule has 4 fully saturated rings. The second-order valence-electron chi connectivity index (χ2n) is 17.9. The maximum Gasteiger partial charge on any atom is 0.304 e. The molecule has 4 N–H and O–H groups in total. The summed E-state index contributed by atoms with van der Waals surface area (Å²) in [4.78, 5) is 81.4. The van der Waals surface area contributed by atoms with Gasteiger partial charge >= 0.3 is 11.9 Å². The lowest BCUT2D eigenvalue weighted by Gasteiger charge is -2.51. The average Bonchev–Trinajstić information content (AvgIpc) is 4.18. The maximum absolute atomic E-state index is 13.8. The van der Waals surface area contributed by atoms with Gasteiger partial charge in [0.25, 0.3) is 11.8 Å². The van der Waals surface area contributed by atoms with Crippen LogP contribution < -0.4 is 10.6 Å². The molecule has 2 spiro atoms. The van der Waals surface area contributed by atoms with Gasteiger partial charge in [-0.15, -0.1) is 0 Å². The number of nitrogens with one attached hydrogen (secondary N) is 2. The van der Waals surface area contributed by atoms with Gasteiger partial charge in [0, 0.05) is 79.4 Å². The fraction of sp³-hybridized carbons (Fsp3) is 0.375. The van der Waals surface area contributed by atoms with E-state index in [9.17, 15) is 39.0 Å². The van der Waals surface area contributed by atoms with Crippen molar-refractivity contribution in [2.45, 2.75) is 74.3 Å². The maximum atomic E-state index is 13.8. The van der Waals surface area contributed by atoms with Crippen molar-refractivity contribution in [1.82, 2.24) is 9.80 Å². The molecular weight excluding hydrogens is 902 g/mol. The highest BCUT2D eigenvalue weighted by Gasteiger charge is 2.64. The van der Waals surface area contributed by atoms with Crippen molar-refractivity contribution in [3.63, 3.8) is 0 Å². The van der Waals surface area contributed by atoms with Crippen LogP contribution in [0.3, 0.4) is 0 Å². The van der Waals surface area contributed by atoms with Gasteiger partial charge in [0.1, 0.15) is 0 Å². The molecule has 2 aliphatic carbocycles. The van der Waals surface area contributed by atoms with Crippen LogP contribution in [0.4, 0.5) is 11.4 Å². The fourth-order valence-electron chi connectivity index (χ4n) is 10.6. The molecule has 332 valence electrons. The SMILES string of the molecule is O=C(O)C[C@@H]1C[C@@H](c2cccc(Cl)c2)[C@@]2(C(=O)Nc3cc(Cl)ccc32)N(CC2CC2)C1=O.O=C(O)C[C@H]1C[C@H](c2cccc(Cl)c2)[C@]2(C(=O)Nc3cc(Cl)ccc32)N(CC2CC2)C1=O. The van der Waals surface area contributed by atoms with Crippen molar-refractivity contribution < 1.29 is 39.0 Å². The molecule has 4 aromatic rings. The van der Waals surface area contributed by atoms with Gasteiger partial charge in [0.15, 0.2) is 11.1 Å². The summed E-state index contributed by atoms with van der Waals surface area (Å²) in [6.45, 7) is 0.836. The van der Waals surface area contributed by atoms with Crippen LogP contribution in [0.2, 0.25) is 20.1 Å². The molecular formula is C48H44Cl4N4O8. The Morgan fingerprint density at radius 1 is 0.562 bits per heavy atom. The number of likely N-dealkylation sites (tertiary alicyclic amines) is 2. The molecule has 10 rings (SSSR count). The van der Waals surface area contributed by atoms with E-state index < -0.39 is 46.7 Å². The molecule has 4 aromatic carbocycles. The minimum atomic E-state index is -1.28. The van der Waals surface area contributed by atoms with Gasteiger partial charge in [-0.1, -0.05) is 82.8 Å². The van der Waals surface area contributed by atoms with Gasteiger partial charge in [-0.3, -0.25) is 28.8 Å². The van der Waals surface area contributed by atoms with Crippen molar-refractivity contribution in [2.24, 2.45) is 23.7 Å². The Morgan fingerprint density at radius 2 is 0.938 bits per heavy atom. The molecule has 4 aliphatic heterocycles. The number of amides is 4. The lowest BCUT2D eigenvalue weighted by Crippen LogP contribution is -2.62. The quantitative estimate of drug-likeness (QED) is 0.122. The fourth-order valence-corrected chi connectivity index (χ4v) is 11.4. The molecule has 0 radical (unpaired) electrons.